The van der Waals surface area contributed by atoms with E-state index in [9.17, 15) is 4.79 Å². The molecule has 2 fully saturated rings. The van der Waals surface area contributed by atoms with E-state index in [1.54, 1.807) is 0 Å². The second-order valence-electron chi connectivity index (χ2n) is 7.09. The molecular formula is C16H30N2O. The van der Waals surface area contributed by atoms with E-state index in [2.05, 4.69) is 37.7 Å². The third kappa shape index (κ3) is 3.79. The summed E-state index contributed by atoms with van der Waals surface area (Å²) in [5.41, 5.74) is 0. The lowest BCUT2D eigenvalue weighted by molar-refractivity contribution is -0.128. The van der Waals surface area contributed by atoms with Crippen molar-refractivity contribution in [2.24, 2.45) is 17.8 Å². The van der Waals surface area contributed by atoms with Crippen LogP contribution in [0.2, 0.25) is 0 Å². The highest BCUT2D eigenvalue weighted by Gasteiger charge is 2.33. The second kappa shape index (κ2) is 6.36. The quantitative estimate of drug-likeness (QED) is 0.780. The van der Waals surface area contributed by atoms with Crippen LogP contribution in [0, 0.1) is 17.8 Å². The van der Waals surface area contributed by atoms with Gasteiger partial charge in [-0.25, -0.2) is 0 Å². The van der Waals surface area contributed by atoms with Crippen LogP contribution in [-0.2, 0) is 4.79 Å². The van der Waals surface area contributed by atoms with Crippen LogP contribution >= 0.6 is 0 Å². The Morgan fingerprint density at radius 2 is 2.05 bits per heavy atom. The molecule has 4 unspecified atom stereocenters. The fourth-order valence-electron chi connectivity index (χ4n) is 3.96. The molecule has 1 saturated heterocycles. The minimum atomic E-state index is 0.271. The first-order valence-corrected chi connectivity index (χ1v) is 7.89. The maximum atomic E-state index is 12.2. The summed E-state index contributed by atoms with van der Waals surface area (Å²) in [6, 6.07) is 0.693. The van der Waals surface area contributed by atoms with Gasteiger partial charge >= 0.3 is 0 Å². The van der Waals surface area contributed by atoms with E-state index in [1.165, 1.54) is 25.8 Å². The highest BCUT2D eigenvalue weighted by molar-refractivity contribution is 5.82. The molecule has 1 aliphatic carbocycles. The number of likely N-dealkylation sites (tertiary alicyclic amines) is 1. The van der Waals surface area contributed by atoms with E-state index in [1.807, 2.05) is 0 Å². The Bertz CT molecular complexity index is 318. The Hall–Kier alpha value is -0.410. The summed E-state index contributed by atoms with van der Waals surface area (Å²) in [6.07, 6.45) is 4.65. The third-order valence-corrected chi connectivity index (χ3v) is 5.13. The molecule has 0 aromatic heterocycles. The lowest BCUT2D eigenvalue weighted by atomic mass is 9.74. The van der Waals surface area contributed by atoms with Gasteiger partial charge in [-0.2, -0.15) is 0 Å². The largest absolute Gasteiger partial charge is 0.304 e. The van der Waals surface area contributed by atoms with Crippen molar-refractivity contribution in [1.82, 2.24) is 9.80 Å². The summed E-state index contributed by atoms with van der Waals surface area (Å²) in [4.78, 5) is 17.1. The minimum Gasteiger partial charge on any atom is -0.304 e. The molecule has 0 amide bonds. The average Bonchev–Trinajstić information content (AvgIpc) is 2.69. The molecule has 0 aromatic rings. The third-order valence-electron chi connectivity index (χ3n) is 5.13. The van der Waals surface area contributed by atoms with Crippen molar-refractivity contribution in [1.29, 1.82) is 0 Å². The van der Waals surface area contributed by atoms with E-state index in [4.69, 9.17) is 0 Å². The molecule has 1 saturated carbocycles. The number of carbonyl (C=O) groups excluding carboxylic acids is 1. The van der Waals surface area contributed by atoms with Gasteiger partial charge in [-0.1, -0.05) is 13.8 Å². The number of rotatable bonds is 4. The molecule has 1 aliphatic heterocycles. The van der Waals surface area contributed by atoms with Crippen LogP contribution in [0.5, 0.6) is 0 Å². The first-order valence-electron chi connectivity index (χ1n) is 7.89. The van der Waals surface area contributed by atoms with Crippen molar-refractivity contribution < 1.29 is 4.79 Å². The molecule has 3 heteroatoms. The highest BCUT2D eigenvalue weighted by Crippen LogP contribution is 2.31. The number of likely N-dealkylation sites (N-methyl/N-ethyl adjacent to an activating group) is 2. The highest BCUT2D eigenvalue weighted by atomic mass is 16.1. The van der Waals surface area contributed by atoms with Crippen LogP contribution in [0.25, 0.3) is 0 Å². The Morgan fingerprint density at radius 3 is 2.63 bits per heavy atom. The lowest BCUT2D eigenvalue weighted by Gasteiger charge is -2.35. The number of hydrogen-bond donors (Lipinski definition) is 0. The summed E-state index contributed by atoms with van der Waals surface area (Å²) in [7, 11) is 4.41. The summed E-state index contributed by atoms with van der Waals surface area (Å²) in [5.74, 6) is 1.91. The van der Waals surface area contributed by atoms with Gasteiger partial charge in [-0.05, 0) is 51.7 Å². The molecule has 2 rings (SSSR count). The van der Waals surface area contributed by atoms with Gasteiger partial charge in [0.15, 0.2) is 0 Å². The standard InChI is InChI=1S/C16H30N2O/c1-12-8-13(2)15(16(19)9-12)11-17(3)10-14-6-5-7-18(14)4/h12-15H,5-11H2,1-4H3. The molecule has 0 aromatic carbocycles. The molecule has 0 N–H and O–H groups in total. The fraction of sp³-hybridized carbons (Fsp3) is 0.938. The van der Waals surface area contributed by atoms with Crippen LogP contribution in [0.15, 0.2) is 0 Å². The van der Waals surface area contributed by atoms with E-state index in [-0.39, 0.29) is 5.92 Å². The molecule has 1 heterocycles. The molecule has 110 valence electrons. The zero-order valence-corrected chi connectivity index (χ0v) is 13.1. The van der Waals surface area contributed by atoms with Crippen molar-refractivity contribution in [2.75, 3.05) is 33.7 Å². The Labute approximate surface area is 118 Å². The number of hydrogen-bond acceptors (Lipinski definition) is 3. The van der Waals surface area contributed by atoms with Gasteiger partial charge in [-0.15, -0.1) is 0 Å². The predicted octanol–water partition coefficient (Wildman–Crippen LogP) is 2.26. The maximum absolute atomic E-state index is 12.2. The van der Waals surface area contributed by atoms with Gasteiger partial charge in [0.25, 0.3) is 0 Å². The summed E-state index contributed by atoms with van der Waals surface area (Å²) >= 11 is 0. The molecule has 0 bridgehead atoms. The topological polar surface area (TPSA) is 23.6 Å². The lowest BCUT2D eigenvalue weighted by Crippen LogP contribution is -2.43. The number of nitrogens with zero attached hydrogens (tertiary/aromatic N) is 2. The molecule has 4 atom stereocenters. The van der Waals surface area contributed by atoms with Gasteiger partial charge in [-0.3, -0.25) is 4.79 Å². The molecular weight excluding hydrogens is 236 g/mol. The molecule has 3 nitrogen and oxygen atoms in total. The number of Topliss-reactive ketones (excluding diaryl/α,β-unsaturated/α-hetero) is 1. The Kier molecular flexibility index (Phi) is 5.02. The van der Waals surface area contributed by atoms with Crippen molar-refractivity contribution in [2.45, 2.75) is 45.6 Å². The zero-order valence-electron chi connectivity index (χ0n) is 13.1. The van der Waals surface area contributed by atoms with E-state index >= 15 is 0 Å². The van der Waals surface area contributed by atoms with E-state index in [0.29, 0.717) is 23.7 Å². The fourth-order valence-corrected chi connectivity index (χ4v) is 3.96. The second-order valence-corrected chi connectivity index (χ2v) is 7.09. The van der Waals surface area contributed by atoms with Gasteiger partial charge in [0.2, 0.25) is 0 Å². The van der Waals surface area contributed by atoms with E-state index in [0.717, 1.165) is 19.5 Å². The number of carbonyl (C=O) groups is 1. The van der Waals surface area contributed by atoms with Crippen LogP contribution in [0.3, 0.4) is 0 Å². The van der Waals surface area contributed by atoms with Crippen molar-refractivity contribution in [3.8, 4) is 0 Å². The van der Waals surface area contributed by atoms with Gasteiger partial charge in [0.05, 0.1) is 0 Å². The Morgan fingerprint density at radius 1 is 1.32 bits per heavy atom. The minimum absolute atomic E-state index is 0.271. The first kappa shape index (κ1) is 15.0. The zero-order chi connectivity index (χ0) is 14.0. The Balaban J connectivity index is 1.84. The normalized spacial score (nSPS) is 37.2. The predicted molar refractivity (Wildman–Crippen MR) is 79.2 cm³/mol. The van der Waals surface area contributed by atoms with Gasteiger partial charge in [0, 0.05) is 31.5 Å². The molecule has 19 heavy (non-hydrogen) atoms. The molecule has 0 radical (unpaired) electrons. The monoisotopic (exact) mass is 266 g/mol. The average molecular weight is 266 g/mol. The van der Waals surface area contributed by atoms with Crippen LogP contribution in [-0.4, -0.2) is 55.4 Å². The summed E-state index contributed by atoms with van der Waals surface area (Å²) in [6.45, 7) is 7.77. The van der Waals surface area contributed by atoms with Crippen molar-refractivity contribution in [3.05, 3.63) is 0 Å². The first-order chi connectivity index (χ1) is 8.97. The molecule has 2 aliphatic rings. The van der Waals surface area contributed by atoms with Crippen molar-refractivity contribution in [3.63, 3.8) is 0 Å². The smallest absolute Gasteiger partial charge is 0.137 e. The van der Waals surface area contributed by atoms with Gasteiger partial charge in [0.1, 0.15) is 5.78 Å². The molecule has 0 spiro atoms. The van der Waals surface area contributed by atoms with Gasteiger partial charge < -0.3 is 9.80 Å². The summed E-state index contributed by atoms with van der Waals surface area (Å²) in [5, 5.41) is 0. The van der Waals surface area contributed by atoms with E-state index < -0.39 is 0 Å². The summed E-state index contributed by atoms with van der Waals surface area (Å²) < 4.78 is 0. The van der Waals surface area contributed by atoms with Crippen LogP contribution in [0.4, 0.5) is 0 Å². The number of ketones is 1. The van der Waals surface area contributed by atoms with Crippen LogP contribution in [0.1, 0.15) is 39.5 Å². The van der Waals surface area contributed by atoms with Crippen molar-refractivity contribution >= 4 is 5.78 Å². The SMILES string of the molecule is CC1CC(=O)C(CN(C)CC2CCCN2C)C(C)C1. The maximum Gasteiger partial charge on any atom is 0.137 e. The van der Waals surface area contributed by atoms with Crippen LogP contribution < -0.4 is 0 Å².